The molecule has 0 aliphatic rings. The van der Waals surface area contributed by atoms with Gasteiger partial charge in [0.15, 0.2) is 26.5 Å². The molecule has 178 valence electrons. The number of carbonyl (C=O) groups is 1. The Morgan fingerprint density at radius 3 is 2.51 bits per heavy atom. The van der Waals surface area contributed by atoms with E-state index in [1.54, 1.807) is 19.1 Å². The van der Waals surface area contributed by atoms with E-state index >= 15 is 0 Å². The third-order valence-corrected chi connectivity index (χ3v) is 7.52. The van der Waals surface area contributed by atoms with Crippen molar-refractivity contribution in [2.24, 2.45) is 0 Å². The fourth-order valence-electron chi connectivity index (χ4n) is 3.76. The molecule has 2 N–H and O–H groups in total. The van der Waals surface area contributed by atoms with Crippen LogP contribution in [0.15, 0.2) is 63.9 Å². The van der Waals surface area contributed by atoms with Gasteiger partial charge in [0.05, 0.1) is 26.4 Å². The van der Waals surface area contributed by atoms with Gasteiger partial charge in [-0.25, -0.2) is 17.8 Å². The highest BCUT2D eigenvalue weighted by Gasteiger charge is 2.33. The Hall–Kier alpha value is -3.96. The fourth-order valence-corrected chi connectivity index (χ4v) is 5.49. The van der Waals surface area contributed by atoms with Gasteiger partial charge in [0.25, 0.3) is 0 Å². The van der Waals surface area contributed by atoms with Crippen molar-refractivity contribution in [2.75, 3.05) is 6.26 Å². The second kappa shape index (κ2) is 8.07. The molecular formula is C24H17FN2O6S2. The number of rotatable bonds is 5. The minimum absolute atomic E-state index is 0.0641. The molecule has 35 heavy (non-hydrogen) atoms. The van der Waals surface area contributed by atoms with E-state index < -0.39 is 33.1 Å². The smallest absolute Gasteiger partial charge is 0.242 e. The van der Waals surface area contributed by atoms with Crippen molar-refractivity contribution in [1.29, 1.82) is 0 Å². The SMILES string of the molecule is Cc1ccc(C(=O)c2c(O)c(O)n(-c3nc4ccc(S(C)(=O)=O)cc4s3)c2-c2ccccc2F)o1. The zero-order chi connectivity index (χ0) is 25.1. The summed E-state index contributed by atoms with van der Waals surface area (Å²) >= 11 is 1.00. The van der Waals surface area contributed by atoms with Crippen LogP contribution < -0.4 is 0 Å². The Bertz CT molecular complexity index is 1750. The second-order valence-electron chi connectivity index (χ2n) is 7.85. The molecule has 0 radical (unpaired) electrons. The number of benzene rings is 2. The van der Waals surface area contributed by atoms with Crippen LogP contribution in [-0.2, 0) is 9.84 Å². The van der Waals surface area contributed by atoms with Gasteiger partial charge in [0, 0.05) is 11.8 Å². The third-order valence-electron chi connectivity index (χ3n) is 5.41. The Morgan fingerprint density at radius 1 is 1.11 bits per heavy atom. The largest absolute Gasteiger partial charge is 0.503 e. The average Bonchev–Trinajstić information content (AvgIpc) is 3.49. The maximum atomic E-state index is 15.0. The second-order valence-corrected chi connectivity index (χ2v) is 10.9. The molecule has 0 bridgehead atoms. The Morgan fingerprint density at radius 2 is 1.86 bits per heavy atom. The summed E-state index contributed by atoms with van der Waals surface area (Å²) < 4.78 is 45.8. The Kier molecular flexibility index (Phi) is 5.26. The maximum Gasteiger partial charge on any atom is 0.242 e. The molecule has 3 aromatic heterocycles. The summed E-state index contributed by atoms with van der Waals surface area (Å²) in [5.41, 5.74) is -0.137. The van der Waals surface area contributed by atoms with Crippen molar-refractivity contribution >= 4 is 37.2 Å². The lowest BCUT2D eigenvalue weighted by atomic mass is 10.0. The molecule has 5 aromatic rings. The Balaban J connectivity index is 1.81. The number of ketones is 1. The first kappa shape index (κ1) is 22.8. The Labute approximate surface area is 202 Å². The fraction of sp³-hybridized carbons (Fsp3) is 0.0833. The number of hydrogen-bond acceptors (Lipinski definition) is 8. The molecule has 2 aromatic carbocycles. The van der Waals surface area contributed by atoms with Gasteiger partial charge in [-0.1, -0.05) is 23.5 Å². The van der Waals surface area contributed by atoms with E-state index in [0.717, 1.165) is 22.2 Å². The number of furan rings is 1. The monoisotopic (exact) mass is 512 g/mol. The lowest BCUT2D eigenvalue weighted by Crippen LogP contribution is -2.05. The summed E-state index contributed by atoms with van der Waals surface area (Å²) in [7, 11) is -3.48. The average molecular weight is 513 g/mol. The van der Waals surface area contributed by atoms with Crippen molar-refractivity contribution in [3.8, 4) is 28.0 Å². The molecule has 11 heteroatoms. The van der Waals surface area contributed by atoms with E-state index in [-0.39, 0.29) is 32.6 Å². The molecule has 0 saturated heterocycles. The van der Waals surface area contributed by atoms with E-state index in [9.17, 15) is 27.8 Å². The molecule has 3 heterocycles. The molecule has 8 nitrogen and oxygen atoms in total. The zero-order valence-electron chi connectivity index (χ0n) is 18.3. The van der Waals surface area contributed by atoms with Crippen molar-refractivity contribution in [2.45, 2.75) is 11.8 Å². The predicted octanol–water partition coefficient (Wildman–Crippen LogP) is 4.84. The molecule has 0 unspecified atom stereocenters. The lowest BCUT2D eigenvalue weighted by Gasteiger charge is -2.09. The summed E-state index contributed by atoms with van der Waals surface area (Å²) in [4.78, 5) is 17.8. The van der Waals surface area contributed by atoms with Gasteiger partial charge in [0.2, 0.25) is 11.7 Å². The van der Waals surface area contributed by atoms with Crippen LogP contribution >= 0.6 is 11.3 Å². The number of aryl methyl sites for hydroxylation is 1. The molecule has 5 rings (SSSR count). The van der Waals surface area contributed by atoms with Gasteiger partial charge in [-0.05, 0) is 49.4 Å². The predicted molar refractivity (Wildman–Crippen MR) is 128 cm³/mol. The topological polar surface area (TPSA) is 123 Å². The summed E-state index contributed by atoms with van der Waals surface area (Å²) in [6, 6.07) is 12.9. The van der Waals surface area contributed by atoms with E-state index in [0.29, 0.717) is 16.0 Å². The van der Waals surface area contributed by atoms with Crippen molar-refractivity contribution < 1.29 is 32.2 Å². The van der Waals surface area contributed by atoms with Gasteiger partial charge in [-0.2, -0.15) is 0 Å². The number of carbonyl (C=O) groups excluding carboxylic acids is 1. The van der Waals surface area contributed by atoms with Crippen LogP contribution in [0.1, 0.15) is 21.9 Å². The number of fused-ring (bicyclic) bond motifs is 1. The standard InChI is InChI=1S/C24H17FN2O6S2/c1-12-7-10-17(33-12)21(28)19-20(14-5-3-4-6-15(14)25)27(23(30)22(19)29)24-26-16-9-8-13(35(2,31)32)11-18(16)34-24/h3-11,29-30H,1-2H3. The van der Waals surface area contributed by atoms with Crippen LogP contribution in [-0.4, -0.2) is 40.2 Å². The molecule has 0 spiro atoms. The summed E-state index contributed by atoms with van der Waals surface area (Å²) in [6.07, 6.45) is 1.08. The number of nitrogens with zero attached hydrogens (tertiary/aromatic N) is 2. The van der Waals surface area contributed by atoms with E-state index in [1.807, 2.05) is 0 Å². The normalized spacial score (nSPS) is 11.9. The molecule has 0 saturated carbocycles. The summed E-state index contributed by atoms with van der Waals surface area (Å²) in [5, 5.41) is 21.8. The van der Waals surface area contributed by atoms with Crippen LogP contribution in [0.3, 0.4) is 0 Å². The molecule has 0 aliphatic carbocycles. The van der Waals surface area contributed by atoms with Crippen LogP contribution in [0.2, 0.25) is 0 Å². The van der Waals surface area contributed by atoms with E-state index in [4.69, 9.17) is 4.42 Å². The quantitative estimate of drug-likeness (QED) is 0.323. The number of thiazole rings is 1. The van der Waals surface area contributed by atoms with Crippen molar-refractivity contribution in [3.63, 3.8) is 0 Å². The zero-order valence-corrected chi connectivity index (χ0v) is 19.9. The first-order chi connectivity index (χ1) is 16.6. The molecule has 0 atom stereocenters. The van der Waals surface area contributed by atoms with Gasteiger partial charge in [0.1, 0.15) is 11.6 Å². The first-order valence-corrected chi connectivity index (χ1v) is 12.9. The lowest BCUT2D eigenvalue weighted by molar-refractivity contribution is 0.101. The maximum absolute atomic E-state index is 15.0. The van der Waals surface area contributed by atoms with Crippen LogP contribution in [0.25, 0.3) is 26.6 Å². The first-order valence-electron chi connectivity index (χ1n) is 10.2. The van der Waals surface area contributed by atoms with Gasteiger partial charge < -0.3 is 14.6 Å². The minimum atomic E-state index is -3.48. The van der Waals surface area contributed by atoms with Crippen molar-refractivity contribution in [3.05, 3.63) is 77.5 Å². The highest BCUT2D eigenvalue weighted by molar-refractivity contribution is 7.90. The number of aromatic hydroxyl groups is 2. The number of hydrogen-bond donors (Lipinski definition) is 2. The van der Waals surface area contributed by atoms with Gasteiger partial charge >= 0.3 is 0 Å². The van der Waals surface area contributed by atoms with Crippen molar-refractivity contribution in [1.82, 2.24) is 9.55 Å². The van der Waals surface area contributed by atoms with Crippen LogP contribution in [0.5, 0.6) is 11.6 Å². The minimum Gasteiger partial charge on any atom is -0.503 e. The molecule has 0 aliphatic heterocycles. The van der Waals surface area contributed by atoms with Crippen LogP contribution in [0, 0.1) is 12.7 Å². The molecular weight excluding hydrogens is 495 g/mol. The highest BCUT2D eigenvalue weighted by atomic mass is 32.2. The molecule has 0 fully saturated rings. The highest BCUT2D eigenvalue weighted by Crippen LogP contribution is 2.46. The van der Waals surface area contributed by atoms with Crippen LogP contribution in [0.4, 0.5) is 4.39 Å². The number of aromatic nitrogens is 2. The van der Waals surface area contributed by atoms with E-state index in [2.05, 4.69) is 4.98 Å². The van der Waals surface area contributed by atoms with E-state index in [1.165, 1.54) is 42.5 Å². The summed E-state index contributed by atoms with van der Waals surface area (Å²) in [5.74, 6) is -2.60. The van der Waals surface area contributed by atoms with Gasteiger partial charge in [-0.15, -0.1) is 0 Å². The van der Waals surface area contributed by atoms with Gasteiger partial charge in [-0.3, -0.25) is 9.36 Å². The number of halogens is 1. The number of sulfone groups is 1. The third kappa shape index (κ3) is 3.78. The molecule has 0 amide bonds. The summed E-state index contributed by atoms with van der Waals surface area (Å²) in [6.45, 7) is 1.64.